The maximum atomic E-state index is 13.6. The number of pyridine rings is 1. The van der Waals surface area contributed by atoms with Gasteiger partial charge in [0.15, 0.2) is 5.82 Å². The first kappa shape index (κ1) is 32.1. The Morgan fingerprint density at radius 2 is 1.95 bits per heavy atom. The summed E-state index contributed by atoms with van der Waals surface area (Å²) in [7, 11) is 0. The molecule has 1 aliphatic heterocycles. The minimum absolute atomic E-state index is 0. The summed E-state index contributed by atoms with van der Waals surface area (Å²) in [5, 5.41) is 17.6. The van der Waals surface area contributed by atoms with Crippen LogP contribution < -0.4 is 66.4 Å². The molecule has 1 amide bonds. The third kappa shape index (κ3) is 8.42. The fourth-order valence-corrected chi connectivity index (χ4v) is 4.77. The Bertz CT molecular complexity index is 1210. The van der Waals surface area contributed by atoms with E-state index in [9.17, 15) is 19.5 Å². The van der Waals surface area contributed by atoms with Gasteiger partial charge in [-0.15, -0.1) is 11.3 Å². The first-order chi connectivity index (χ1) is 17.9. The normalized spacial score (nSPS) is 14.3. The Morgan fingerprint density at radius 1 is 1.16 bits per heavy atom. The molecule has 11 heteroatoms. The monoisotopic (exact) mass is 562 g/mol. The quantitative estimate of drug-likeness (QED) is 0.152. The second kappa shape index (κ2) is 16.1. The first-order valence-corrected chi connectivity index (χ1v) is 13.2. The van der Waals surface area contributed by atoms with Gasteiger partial charge in [0.05, 0.1) is 41.0 Å². The molecule has 3 rings (SSSR count). The van der Waals surface area contributed by atoms with Crippen molar-refractivity contribution in [1.82, 2.24) is 4.98 Å². The van der Waals surface area contributed by atoms with Crippen LogP contribution in [0.3, 0.4) is 0 Å². The van der Waals surface area contributed by atoms with Crippen molar-refractivity contribution < 1.29 is 75.6 Å². The van der Waals surface area contributed by atoms with E-state index in [4.69, 9.17) is 4.74 Å². The fourth-order valence-electron chi connectivity index (χ4n) is 3.80. The molecule has 0 bridgehead atoms. The molecule has 196 valence electrons. The van der Waals surface area contributed by atoms with Gasteiger partial charge in [-0.25, -0.2) is 9.78 Å². The Labute approximate surface area is 269 Å². The van der Waals surface area contributed by atoms with Gasteiger partial charge in [-0.3, -0.25) is 4.79 Å². The molecule has 0 spiro atoms. The van der Waals surface area contributed by atoms with Crippen LogP contribution in [0.4, 0.5) is 10.8 Å². The molecule has 0 saturated carbocycles. The Hall–Kier alpha value is -2.15. The maximum Gasteiger partial charge on any atom is 1.00 e. The summed E-state index contributed by atoms with van der Waals surface area (Å²) in [6, 6.07) is 8.85. The summed E-state index contributed by atoms with van der Waals surface area (Å²) in [6.07, 6.45) is 8.20. The van der Waals surface area contributed by atoms with Gasteiger partial charge in [0.1, 0.15) is 0 Å². The van der Waals surface area contributed by atoms with Crippen LogP contribution in [0.1, 0.15) is 51.3 Å². The van der Waals surface area contributed by atoms with E-state index >= 15 is 0 Å². The Balaban J connectivity index is 0.00000507. The average Bonchev–Trinajstić information content (AvgIpc) is 3.48. The van der Waals surface area contributed by atoms with Crippen LogP contribution in [0.15, 0.2) is 58.9 Å². The number of ether oxygens (including phenoxy) is 1. The van der Waals surface area contributed by atoms with Crippen LogP contribution in [0.2, 0.25) is 0 Å². The summed E-state index contributed by atoms with van der Waals surface area (Å²) in [4.78, 5) is 44.4. The molecule has 0 N–H and O–H groups in total. The number of aromatic nitrogens is 1. The minimum Gasteiger partial charge on any atom is -0.548 e. The summed E-state index contributed by atoms with van der Waals surface area (Å²) in [5.74, 6) is -1.83. The molecule has 0 fully saturated rings. The summed E-state index contributed by atoms with van der Waals surface area (Å²) < 4.78 is 5.31. The number of thiophene rings is 1. The molecule has 3 heterocycles. The number of hydrazone groups is 1. The number of carboxylic acid groups (broad SMARTS) is 1. The zero-order valence-corrected chi connectivity index (χ0v) is 26.2. The van der Waals surface area contributed by atoms with Gasteiger partial charge in [-0.2, -0.15) is 10.1 Å². The molecule has 0 radical (unpaired) electrons. The van der Waals surface area contributed by atoms with Crippen LogP contribution in [-0.2, 0) is 19.1 Å². The van der Waals surface area contributed by atoms with E-state index in [1.165, 1.54) is 16.3 Å². The number of amides is 1. The number of hydrogen-bond donors (Lipinski definition) is 0. The number of aliphatic carboxylic acids is 1. The second-order valence-electron chi connectivity index (χ2n) is 8.21. The fraction of sp³-hybridized carbons (Fsp3) is 0.370. The molecular weight excluding hydrogens is 531 g/mol. The van der Waals surface area contributed by atoms with Gasteiger partial charge in [0.25, 0.3) is 5.91 Å². The molecule has 0 aromatic carbocycles. The maximum absolute atomic E-state index is 13.6. The standard InChI is InChI=1S/C27H32N4O5S.K/c1-4-7-8-11-21-25(26(34)31(29-21)22-12-9-10-17-28-22)20(27(35)36-6-3)15-13-19-14-16-23(37-19)30(5-2)18-24(32)33;/h9-10,12-17H,4-8,11,18H2,1-3H3,(H,32,33);/q;+1/p-1/b15-13+,25-20+;. The average molecular weight is 563 g/mol. The van der Waals surface area contributed by atoms with Gasteiger partial charge < -0.3 is 19.5 Å². The number of esters is 1. The molecule has 0 saturated heterocycles. The largest absolute Gasteiger partial charge is 1.00 e. The van der Waals surface area contributed by atoms with Gasteiger partial charge in [-0.05, 0) is 63.1 Å². The second-order valence-corrected chi connectivity index (χ2v) is 9.31. The molecular formula is C27H31KN4O5S. The number of carbonyl (C=O) groups is 3. The number of rotatable bonds is 13. The van der Waals surface area contributed by atoms with Crippen LogP contribution in [0, 0.1) is 0 Å². The summed E-state index contributed by atoms with van der Waals surface area (Å²) in [6.45, 7) is 6.10. The SMILES string of the molecule is CCCCCC1=NN(c2ccccn2)C(=O)/C1=C(\C=C\c1ccc(N(CC)CC(=O)[O-])s1)C(=O)OCC.[K+]. The zero-order valence-electron chi connectivity index (χ0n) is 22.3. The molecule has 2 aromatic rings. The van der Waals surface area contributed by atoms with Crippen molar-refractivity contribution in [3.05, 3.63) is 58.6 Å². The molecule has 0 unspecified atom stereocenters. The van der Waals surface area contributed by atoms with E-state index in [1.807, 2.05) is 19.1 Å². The van der Waals surface area contributed by atoms with Crippen LogP contribution in [0.5, 0.6) is 0 Å². The molecule has 1 aliphatic rings. The van der Waals surface area contributed by atoms with Crippen molar-refractivity contribution >= 4 is 51.8 Å². The van der Waals surface area contributed by atoms with E-state index in [-0.39, 0.29) is 75.7 Å². The van der Waals surface area contributed by atoms with E-state index in [2.05, 4.69) is 17.0 Å². The zero-order chi connectivity index (χ0) is 26.8. The predicted octanol–water partition coefficient (Wildman–Crippen LogP) is 0.579. The van der Waals surface area contributed by atoms with Crippen molar-refractivity contribution in [1.29, 1.82) is 0 Å². The molecule has 38 heavy (non-hydrogen) atoms. The van der Waals surface area contributed by atoms with Crippen LogP contribution in [0.25, 0.3) is 6.08 Å². The molecule has 9 nitrogen and oxygen atoms in total. The number of nitrogens with zero attached hydrogens (tertiary/aromatic N) is 4. The van der Waals surface area contributed by atoms with Crippen molar-refractivity contribution in [2.75, 3.05) is 29.6 Å². The predicted molar refractivity (Wildman–Crippen MR) is 143 cm³/mol. The Morgan fingerprint density at radius 3 is 2.58 bits per heavy atom. The van der Waals surface area contributed by atoms with E-state index in [0.29, 0.717) is 24.5 Å². The van der Waals surface area contributed by atoms with E-state index < -0.39 is 17.8 Å². The van der Waals surface area contributed by atoms with Crippen LogP contribution in [-0.4, -0.2) is 48.2 Å². The number of carboxylic acids is 1. The van der Waals surface area contributed by atoms with Gasteiger partial charge >= 0.3 is 57.4 Å². The summed E-state index contributed by atoms with van der Waals surface area (Å²) in [5.41, 5.74) is 0.854. The molecule has 0 atom stereocenters. The van der Waals surface area contributed by atoms with Gasteiger partial charge in [0, 0.05) is 17.6 Å². The molecule has 0 aliphatic carbocycles. The number of anilines is 2. The van der Waals surface area contributed by atoms with Crippen molar-refractivity contribution in [2.45, 2.75) is 46.5 Å². The Kier molecular flexibility index (Phi) is 13.6. The van der Waals surface area contributed by atoms with Crippen molar-refractivity contribution in [3.8, 4) is 0 Å². The van der Waals surface area contributed by atoms with Crippen molar-refractivity contribution in [2.24, 2.45) is 5.10 Å². The van der Waals surface area contributed by atoms with Gasteiger partial charge in [-0.1, -0.05) is 25.8 Å². The smallest absolute Gasteiger partial charge is 0.548 e. The number of carbonyl (C=O) groups excluding carboxylic acids is 3. The van der Waals surface area contributed by atoms with Crippen LogP contribution >= 0.6 is 11.3 Å². The third-order valence-corrected chi connectivity index (χ3v) is 6.72. The number of likely N-dealkylation sites (N-methyl/N-ethyl adjacent to an activating group) is 1. The first-order valence-electron chi connectivity index (χ1n) is 12.4. The van der Waals surface area contributed by atoms with Crippen molar-refractivity contribution in [3.63, 3.8) is 0 Å². The number of unbranched alkanes of at least 4 members (excludes halogenated alkanes) is 2. The van der Waals surface area contributed by atoms with E-state index in [1.54, 1.807) is 48.4 Å². The third-order valence-electron chi connectivity index (χ3n) is 5.60. The topological polar surface area (TPSA) is 115 Å². The minimum atomic E-state index is -1.16. The van der Waals surface area contributed by atoms with Gasteiger partial charge in [0.2, 0.25) is 0 Å². The summed E-state index contributed by atoms with van der Waals surface area (Å²) >= 11 is 1.37. The molecule has 2 aromatic heterocycles. The number of hydrogen-bond acceptors (Lipinski definition) is 9. The van der Waals surface area contributed by atoms with E-state index in [0.717, 1.165) is 29.1 Å².